The van der Waals surface area contributed by atoms with E-state index in [4.69, 9.17) is 11.1 Å². The van der Waals surface area contributed by atoms with Crippen LogP contribution < -0.4 is 16.4 Å². The SMILES string of the molecule is N=C(N)N1CCC(CCNC(=O)[C@@H]2C[C@@H]3CC[C@@H](O)C[C@@H]3N2C(=O)[C@@H](Cc2ccccc2)NC(=O)[C@H](O)Cc2ccccc2)C1. The average molecular weight is 619 g/mol. The molecule has 3 fully saturated rings. The van der Waals surface area contributed by atoms with Crippen molar-refractivity contribution < 1.29 is 24.6 Å². The Morgan fingerprint density at radius 1 is 0.956 bits per heavy atom. The van der Waals surface area contributed by atoms with Gasteiger partial charge in [0.25, 0.3) is 0 Å². The summed E-state index contributed by atoms with van der Waals surface area (Å²) < 4.78 is 0. The van der Waals surface area contributed by atoms with Crippen molar-refractivity contribution in [3.8, 4) is 0 Å². The molecule has 2 heterocycles. The zero-order chi connectivity index (χ0) is 31.9. The highest BCUT2D eigenvalue weighted by atomic mass is 16.3. The number of likely N-dealkylation sites (tertiary alicyclic amines) is 2. The van der Waals surface area contributed by atoms with Gasteiger partial charge in [-0.15, -0.1) is 0 Å². The van der Waals surface area contributed by atoms with Gasteiger partial charge in [-0.2, -0.15) is 0 Å². The van der Waals surface area contributed by atoms with Crippen LogP contribution in [-0.2, 0) is 27.2 Å². The van der Waals surface area contributed by atoms with Gasteiger partial charge in [-0.05, 0) is 61.5 Å². The highest BCUT2D eigenvalue weighted by Crippen LogP contribution is 2.40. The van der Waals surface area contributed by atoms with Crippen LogP contribution >= 0.6 is 0 Å². The number of hydrogen-bond donors (Lipinski definition) is 6. The first kappa shape index (κ1) is 32.4. The van der Waals surface area contributed by atoms with Gasteiger partial charge in [-0.3, -0.25) is 19.8 Å². The fourth-order valence-electron chi connectivity index (χ4n) is 7.22. The first-order chi connectivity index (χ1) is 21.7. The molecule has 242 valence electrons. The molecule has 0 radical (unpaired) electrons. The van der Waals surface area contributed by atoms with Gasteiger partial charge in [0.2, 0.25) is 17.7 Å². The summed E-state index contributed by atoms with van der Waals surface area (Å²) >= 11 is 0. The summed E-state index contributed by atoms with van der Waals surface area (Å²) in [5.74, 6) is -0.804. The number of hydrogen-bond acceptors (Lipinski definition) is 6. The van der Waals surface area contributed by atoms with Crippen molar-refractivity contribution in [2.24, 2.45) is 17.6 Å². The van der Waals surface area contributed by atoms with Crippen LogP contribution in [0.4, 0.5) is 0 Å². The normalized spacial score (nSPS) is 25.7. The molecular formula is C34H46N6O5. The number of carbonyl (C=O) groups is 3. The van der Waals surface area contributed by atoms with Gasteiger partial charge >= 0.3 is 0 Å². The van der Waals surface area contributed by atoms with Crippen LogP contribution in [0, 0.1) is 17.2 Å². The smallest absolute Gasteiger partial charge is 0.249 e. The lowest BCUT2D eigenvalue weighted by molar-refractivity contribution is -0.145. The Hall–Kier alpha value is -3.96. The highest BCUT2D eigenvalue weighted by Gasteiger charge is 2.50. The van der Waals surface area contributed by atoms with E-state index >= 15 is 0 Å². The van der Waals surface area contributed by atoms with Gasteiger partial charge in [-0.1, -0.05) is 60.7 Å². The van der Waals surface area contributed by atoms with Crippen LogP contribution in [0.5, 0.6) is 0 Å². The fourth-order valence-corrected chi connectivity index (χ4v) is 7.22. The number of benzene rings is 2. The number of aliphatic hydroxyl groups excluding tert-OH is 2. The van der Waals surface area contributed by atoms with E-state index < -0.39 is 30.2 Å². The Morgan fingerprint density at radius 3 is 2.27 bits per heavy atom. The van der Waals surface area contributed by atoms with Crippen molar-refractivity contribution in [3.05, 3.63) is 71.8 Å². The fraction of sp³-hybridized carbons (Fsp3) is 0.529. The number of amides is 3. The largest absolute Gasteiger partial charge is 0.393 e. The third-order valence-electron chi connectivity index (χ3n) is 9.65. The summed E-state index contributed by atoms with van der Waals surface area (Å²) in [5.41, 5.74) is 7.27. The zero-order valence-corrected chi connectivity index (χ0v) is 25.7. The molecular weight excluding hydrogens is 572 g/mol. The van der Waals surface area contributed by atoms with Crippen molar-refractivity contribution >= 4 is 23.7 Å². The zero-order valence-electron chi connectivity index (χ0n) is 25.7. The van der Waals surface area contributed by atoms with Gasteiger partial charge in [0.15, 0.2) is 5.96 Å². The molecule has 5 rings (SSSR count). The maximum absolute atomic E-state index is 14.5. The van der Waals surface area contributed by atoms with Crippen LogP contribution in [0.2, 0.25) is 0 Å². The summed E-state index contributed by atoms with van der Waals surface area (Å²) in [5, 5.41) is 34.9. The molecule has 2 aromatic rings. The molecule has 7 N–H and O–H groups in total. The van der Waals surface area contributed by atoms with Gasteiger partial charge in [0.05, 0.1) is 6.10 Å². The first-order valence-corrected chi connectivity index (χ1v) is 16.1. The molecule has 2 aliphatic heterocycles. The summed E-state index contributed by atoms with van der Waals surface area (Å²) in [7, 11) is 0. The van der Waals surface area contributed by atoms with E-state index in [0.717, 1.165) is 30.5 Å². The third kappa shape index (κ3) is 8.20. The number of rotatable bonds is 11. The molecule has 1 saturated carbocycles. The third-order valence-corrected chi connectivity index (χ3v) is 9.65. The number of guanidine groups is 1. The lowest BCUT2D eigenvalue weighted by atomic mass is 9.83. The summed E-state index contributed by atoms with van der Waals surface area (Å²) in [4.78, 5) is 44.9. The van der Waals surface area contributed by atoms with Crippen LogP contribution in [0.3, 0.4) is 0 Å². The molecule has 3 aliphatic rings. The second-order valence-electron chi connectivity index (χ2n) is 12.8. The molecule has 7 atom stereocenters. The monoisotopic (exact) mass is 618 g/mol. The lowest BCUT2D eigenvalue weighted by Gasteiger charge is -2.37. The Morgan fingerprint density at radius 2 is 1.62 bits per heavy atom. The van der Waals surface area contributed by atoms with E-state index in [0.29, 0.717) is 44.7 Å². The van der Waals surface area contributed by atoms with E-state index in [1.54, 1.807) is 4.90 Å². The number of nitrogens with two attached hydrogens (primary N) is 1. The van der Waals surface area contributed by atoms with Crippen molar-refractivity contribution in [2.75, 3.05) is 19.6 Å². The van der Waals surface area contributed by atoms with Crippen molar-refractivity contribution in [2.45, 2.75) is 81.7 Å². The van der Waals surface area contributed by atoms with Crippen molar-refractivity contribution in [1.29, 1.82) is 5.41 Å². The van der Waals surface area contributed by atoms with Crippen molar-refractivity contribution in [3.63, 3.8) is 0 Å². The van der Waals surface area contributed by atoms with E-state index in [2.05, 4.69) is 10.6 Å². The van der Waals surface area contributed by atoms with E-state index in [1.165, 1.54) is 0 Å². The van der Waals surface area contributed by atoms with Gasteiger partial charge < -0.3 is 36.4 Å². The van der Waals surface area contributed by atoms with Crippen molar-refractivity contribution in [1.82, 2.24) is 20.4 Å². The number of nitrogens with one attached hydrogen (secondary N) is 3. The Labute approximate surface area is 264 Å². The molecule has 11 nitrogen and oxygen atoms in total. The summed E-state index contributed by atoms with van der Waals surface area (Å²) in [6.07, 6.45) is 2.26. The molecule has 3 amide bonds. The van der Waals surface area contributed by atoms with E-state index in [9.17, 15) is 24.6 Å². The standard InChI is InChI=1S/C34H46N6O5/c35-34(36)39-16-14-24(21-39)13-15-37-31(43)29-19-25-11-12-26(41)20-28(25)40(29)33(45)27(17-22-7-3-1-4-8-22)38-32(44)30(42)18-23-9-5-2-6-10-23/h1-10,24-30,41-42H,11-21H2,(H3,35,36)(H,37,43)(H,38,44)/t24?,25-,26+,27+,28-,29-,30+/m0/s1. The van der Waals surface area contributed by atoms with Gasteiger partial charge in [-0.25, -0.2) is 0 Å². The van der Waals surface area contributed by atoms with E-state index in [-0.39, 0.29) is 42.6 Å². The molecule has 0 bridgehead atoms. The Kier molecular flexibility index (Phi) is 10.7. The maximum atomic E-state index is 14.5. The van der Waals surface area contributed by atoms with Gasteiger partial charge in [0, 0.05) is 38.5 Å². The summed E-state index contributed by atoms with van der Waals surface area (Å²) in [6, 6.07) is 16.5. The predicted molar refractivity (Wildman–Crippen MR) is 170 cm³/mol. The number of aliphatic hydroxyl groups is 2. The molecule has 1 unspecified atom stereocenters. The van der Waals surface area contributed by atoms with Gasteiger partial charge in [0.1, 0.15) is 18.2 Å². The Balaban J connectivity index is 1.31. The quantitative estimate of drug-likeness (QED) is 0.162. The topological polar surface area (TPSA) is 172 Å². The molecule has 11 heteroatoms. The number of nitrogens with zero attached hydrogens (tertiary/aromatic N) is 2. The second-order valence-corrected chi connectivity index (χ2v) is 12.8. The Bertz CT molecular complexity index is 1330. The highest BCUT2D eigenvalue weighted by molar-refractivity contribution is 5.94. The summed E-state index contributed by atoms with van der Waals surface area (Å²) in [6.45, 7) is 1.87. The van der Waals surface area contributed by atoms with Crippen LogP contribution in [0.15, 0.2) is 60.7 Å². The molecule has 2 saturated heterocycles. The minimum absolute atomic E-state index is 0.0659. The molecule has 0 aromatic heterocycles. The molecule has 45 heavy (non-hydrogen) atoms. The minimum Gasteiger partial charge on any atom is -0.393 e. The minimum atomic E-state index is -1.35. The molecule has 1 aliphatic carbocycles. The first-order valence-electron chi connectivity index (χ1n) is 16.1. The average Bonchev–Trinajstić information content (AvgIpc) is 3.66. The van der Waals surface area contributed by atoms with Crippen LogP contribution in [0.25, 0.3) is 0 Å². The number of fused-ring (bicyclic) bond motifs is 1. The van der Waals surface area contributed by atoms with Crippen LogP contribution in [-0.4, -0.2) is 93.7 Å². The van der Waals surface area contributed by atoms with E-state index in [1.807, 2.05) is 65.6 Å². The maximum Gasteiger partial charge on any atom is 0.249 e. The molecule has 2 aromatic carbocycles. The second kappa shape index (κ2) is 14.9. The lowest BCUT2D eigenvalue weighted by Crippen LogP contribution is -2.58. The molecule has 0 spiro atoms. The predicted octanol–water partition coefficient (Wildman–Crippen LogP) is 1.17. The van der Waals surface area contributed by atoms with Crippen LogP contribution in [0.1, 0.15) is 49.7 Å². The number of carbonyl (C=O) groups excluding carboxylic acids is 3.